The molecule has 1 aromatic carbocycles. The summed E-state index contributed by atoms with van der Waals surface area (Å²) in [6.07, 6.45) is 0. The van der Waals surface area contributed by atoms with Crippen molar-refractivity contribution in [3.63, 3.8) is 0 Å². The third kappa shape index (κ3) is 2.07. The van der Waals surface area contributed by atoms with Crippen LogP contribution in [0.5, 0.6) is 0 Å². The Morgan fingerprint density at radius 3 is 2.82 bits per heavy atom. The lowest BCUT2D eigenvalue weighted by molar-refractivity contribution is 0.0697. The van der Waals surface area contributed by atoms with Gasteiger partial charge in [-0.05, 0) is 32.9 Å². The van der Waals surface area contributed by atoms with Gasteiger partial charge < -0.3 is 15.3 Å². The number of carbonyl (C=O) groups is 1. The molecule has 0 aromatic heterocycles. The van der Waals surface area contributed by atoms with Crippen molar-refractivity contribution < 1.29 is 9.90 Å². The second kappa shape index (κ2) is 4.28. The predicted molar refractivity (Wildman–Crippen MR) is 69.0 cm³/mol. The average Bonchev–Trinajstić information content (AvgIpc) is 2.26. The molecule has 0 fully saturated rings. The van der Waals surface area contributed by atoms with Crippen molar-refractivity contribution in [1.29, 1.82) is 0 Å². The van der Waals surface area contributed by atoms with Gasteiger partial charge in [0.15, 0.2) is 0 Å². The number of anilines is 2. The standard InChI is InChI=1S/C13H18N2O2/c1-8(2)15-7-9(3)14-11-6-4-5-10(12(11)15)13(16)17/h4-6,8-9,14H,7H2,1-3H3,(H,16,17). The summed E-state index contributed by atoms with van der Waals surface area (Å²) in [5, 5.41) is 12.6. The summed E-state index contributed by atoms with van der Waals surface area (Å²) in [5.74, 6) is -0.871. The normalized spacial score (nSPS) is 18.8. The van der Waals surface area contributed by atoms with Gasteiger partial charge in [-0.2, -0.15) is 0 Å². The highest BCUT2D eigenvalue weighted by atomic mass is 16.4. The van der Waals surface area contributed by atoms with Gasteiger partial charge in [0, 0.05) is 18.6 Å². The van der Waals surface area contributed by atoms with Crippen LogP contribution in [0, 0.1) is 0 Å². The Kier molecular flexibility index (Phi) is 2.96. The van der Waals surface area contributed by atoms with E-state index in [1.54, 1.807) is 12.1 Å². The fourth-order valence-corrected chi connectivity index (χ4v) is 2.31. The monoisotopic (exact) mass is 234 g/mol. The number of aromatic carboxylic acids is 1. The maximum Gasteiger partial charge on any atom is 0.337 e. The Labute approximate surface area is 101 Å². The number of nitrogens with one attached hydrogen (secondary N) is 1. The van der Waals surface area contributed by atoms with Gasteiger partial charge in [0.1, 0.15) is 0 Å². The Balaban J connectivity index is 2.56. The molecule has 92 valence electrons. The van der Waals surface area contributed by atoms with Crippen molar-refractivity contribution in [2.45, 2.75) is 32.9 Å². The number of benzene rings is 1. The number of fused-ring (bicyclic) bond motifs is 1. The molecule has 1 aromatic rings. The van der Waals surface area contributed by atoms with Gasteiger partial charge in [0.2, 0.25) is 0 Å². The number of rotatable bonds is 2. The highest BCUT2D eigenvalue weighted by molar-refractivity contribution is 5.99. The average molecular weight is 234 g/mol. The van der Waals surface area contributed by atoms with E-state index in [0.717, 1.165) is 17.9 Å². The van der Waals surface area contributed by atoms with Crippen molar-refractivity contribution in [1.82, 2.24) is 0 Å². The van der Waals surface area contributed by atoms with Crippen molar-refractivity contribution in [3.8, 4) is 0 Å². The van der Waals surface area contributed by atoms with Crippen LogP contribution in [0.15, 0.2) is 18.2 Å². The van der Waals surface area contributed by atoms with Gasteiger partial charge in [-0.3, -0.25) is 0 Å². The molecule has 1 heterocycles. The third-order valence-electron chi connectivity index (χ3n) is 3.05. The van der Waals surface area contributed by atoms with Crippen LogP contribution in [0.25, 0.3) is 0 Å². The van der Waals surface area contributed by atoms with Crippen molar-refractivity contribution in [2.24, 2.45) is 0 Å². The minimum Gasteiger partial charge on any atom is -0.478 e. The van der Waals surface area contributed by atoms with Crippen molar-refractivity contribution >= 4 is 17.3 Å². The van der Waals surface area contributed by atoms with E-state index in [4.69, 9.17) is 0 Å². The summed E-state index contributed by atoms with van der Waals surface area (Å²) in [5.41, 5.74) is 2.10. The number of carboxylic acid groups (broad SMARTS) is 1. The summed E-state index contributed by atoms with van der Waals surface area (Å²) >= 11 is 0. The first-order valence-electron chi connectivity index (χ1n) is 5.90. The molecule has 0 radical (unpaired) electrons. The zero-order valence-corrected chi connectivity index (χ0v) is 10.4. The SMILES string of the molecule is CC1CN(C(C)C)c2c(cccc2C(=O)O)N1. The Bertz CT molecular complexity index is 443. The number of para-hydroxylation sites is 1. The smallest absolute Gasteiger partial charge is 0.337 e. The zero-order valence-electron chi connectivity index (χ0n) is 10.4. The second-order valence-corrected chi connectivity index (χ2v) is 4.80. The Morgan fingerprint density at radius 1 is 1.53 bits per heavy atom. The van der Waals surface area contributed by atoms with E-state index in [-0.39, 0.29) is 0 Å². The van der Waals surface area contributed by atoms with Gasteiger partial charge in [-0.15, -0.1) is 0 Å². The summed E-state index contributed by atoms with van der Waals surface area (Å²) < 4.78 is 0. The lowest BCUT2D eigenvalue weighted by atomic mass is 10.0. The predicted octanol–water partition coefficient (Wildman–Crippen LogP) is 2.41. The minimum absolute atomic E-state index is 0.291. The molecule has 17 heavy (non-hydrogen) atoms. The number of carboxylic acids is 1. The van der Waals surface area contributed by atoms with E-state index < -0.39 is 5.97 Å². The quantitative estimate of drug-likeness (QED) is 0.825. The molecule has 0 amide bonds. The Morgan fingerprint density at radius 2 is 2.24 bits per heavy atom. The molecule has 0 saturated carbocycles. The molecule has 0 aliphatic carbocycles. The van der Waals surface area contributed by atoms with E-state index in [0.29, 0.717) is 17.6 Å². The molecule has 0 bridgehead atoms. The fourth-order valence-electron chi connectivity index (χ4n) is 2.31. The number of nitrogens with zero attached hydrogens (tertiary/aromatic N) is 1. The van der Waals surface area contributed by atoms with Gasteiger partial charge >= 0.3 is 5.97 Å². The van der Waals surface area contributed by atoms with Gasteiger partial charge in [0.25, 0.3) is 0 Å². The third-order valence-corrected chi connectivity index (χ3v) is 3.05. The van der Waals surface area contributed by atoms with Crippen molar-refractivity contribution in [2.75, 3.05) is 16.8 Å². The summed E-state index contributed by atoms with van der Waals surface area (Å²) in [7, 11) is 0. The molecule has 0 saturated heterocycles. The van der Waals surface area contributed by atoms with Gasteiger partial charge in [-0.1, -0.05) is 6.07 Å². The van der Waals surface area contributed by atoms with Crippen LogP contribution < -0.4 is 10.2 Å². The van der Waals surface area contributed by atoms with Crippen LogP contribution >= 0.6 is 0 Å². The first-order valence-corrected chi connectivity index (χ1v) is 5.90. The summed E-state index contributed by atoms with van der Waals surface area (Å²) in [4.78, 5) is 13.4. The molecule has 1 aliphatic heterocycles. The topological polar surface area (TPSA) is 52.6 Å². The summed E-state index contributed by atoms with van der Waals surface area (Å²) in [6.45, 7) is 7.10. The van der Waals surface area contributed by atoms with Crippen LogP contribution in [-0.4, -0.2) is 29.7 Å². The van der Waals surface area contributed by atoms with E-state index in [1.807, 2.05) is 6.07 Å². The fraction of sp³-hybridized carbons (Fsp3) is 0.462. The molecule has 1 atom stereocenters. The van der Waals surface area contributed by atoms with E-state index >= 15 is 0 Å². The highest BCUT2D eigenvalue weighted by Crippen LogP contribution is 2.35. The first-order chi connectivity index (χ1) is 8.00. The van der Waals surface area contributed by atoms with Crippen molar-refractivity contribution in [3.05, 3.63) is 23.8 Å². The minimum atomic E-state index is -0.871. The highest BCUT2D eigenvalue weighted by Gasteiger charge is 2.27. The molecule has 0 spiro atoms. The largest absolute Gasteiger partial charge is 0.478 e. The first kappa shape index (κ1) is 11.8. The molecule has 1 aliphatic rings. The van der Waals surface area contributed by atoms with E-state index in [1.165, 1.54) is 0 Å². The molecular weight excluding hydrogens is 216 g/mol. The lowest BCUT2D eigenvalue weighted by Crippen LogP contribution is -2.44. The van der Waals surface area contributed by atoms with Gasteiger partial charge in [0.05, 0.1) is 16.9 Å². The molecule has 1 unspecified atom stereocenters. The van der Waals surface area contributed by atoms with E-state index in [2.05, 4.69) is 31.0 Å². The van der Waals surface area contributed by atoms with Crippen LogP contribution in [0.3, 0.4) is 0 Å². The maximum absolute atomic E-state index is 11.3. The molecular formula is C13H18N2O2. The molecule has 4 heteroatoms. The summed E-state index contributed by atoms with van der Waals surface area (Å²) in [6, 6.07) is 6.00. The zero-order chi connectivity index (χ0) is 12.6. The number of hydrogen-bond donors (Lipinski definition) is 2. The molecule has 2 rings (SSSR count). The van der Waals surface area contributed by atoms with Crippen LogP contribution in [0.2, 0.25) is 0 Å². The second-order valence-electron chi connectivity index (χ2n) is 4.80. The van der Waals surface area contributed by atoms with Crippen LogP contribution in [-0.2, 0) is 0 Å². The van der Waals surface area contributed by atoms with E-state index in [9.17, 15) is 9.90 Å². The maximum atomic E-state index is 11.3. The molecule has 2 N–H and O–H groups in total. The number of hydrogen-bond acceptors (Lipinski definition) is 3. The van der Waals surface area contributed by atoms with Crippen LogP contribution in [0.4, 0.5) is 11.4 Å². The Hall–Kier alpha value is -1.71. The lowest BCUT2D eigenvalue weighted by Gasteiger charge is -2.39. The van der Waals surface area contributed by atoms with Gasteiger partial charge in [-0.25, -0.2) is 4.79 Å². The molecule has 4 nitrogen and oxygen atoms in total. The van der Waals surface area contributed by atoms with Crippen LogP contribution in [0.1, 0.15) is 31.1 Å².